The number of likely N-dealkylation sites (tertiary alicyclic amines) is 1. The zero-order chi connectivity index (χ0) is 43.9. The minimum absolute atomic E-state index is 0.0000804. The highest BCUT2D eigenvalue weighted by molar-refractivity contribution is 5.96. The smallest absolute Gasteiger partial charge is 0.408 e. The van der Waals surface area contributed by atoms with Gasteiger partial charge in [-0.15, -0.1) is 5.10 Å². The van der Waals surface area contributed by atoms with Crippen LogP contribution < -0.4 is 30.7 Å². The summed E-state index contributed by atoms with van der Waals surface area (Å²) in [7, 11) is 0. The Morgan fingerprint density at radius 2 is 1.77 bits per heavy atom. The minimum Gasteiger partial charge on any atom is -0.492 e. The average molecular weight is 858 g/mol. The number of ether oxygens (including phenoxy) is 3. The maximum atomic E-state index is 14.8. The first-order valence-corrected chi connectivity index (χ1v) is 22.4. The molecule has 2 saturated heterocycles. The largest absolute Gasteiger partial charge is 0.492 e. The molecule has 5 N–H and O–H groups in total. The van der Waals surface area contributed by atoms with Gasteiger partial charge in [0.1, 0.15) is 53.8 Å². The lowest BCUT2D eigenvalue weighted by Gasteiger charge is -2.35. The first-order chi connectivity index (χ1) is 29.6. The molecule has 1 aromatic carbocycles. The van der Waals surface area contributed by atoms with Crippen molar-refractivity contribution in [1.29, 1.82) is 0 Å². The molecule has 5 aliphatic rings. The van der Waals surface area contributed by atoms with Gasteiger partial charge in [-0.2, -0.15) is 0 Å². The molecule has 0 radical (unpaired) electrons. The molecule has 17 heteroatoms. The van der Waals surface area contributed by atoms with E-state index < -0.39 is 53.0 Å². The molecule has 0 bridgehead atoms. The molecule has 62 heavy (non-hydrogen) atoms. The number of carboxylic acids is 1. The summed E-state index contributed by atoms with van der Waals surface area (Å²) in [5.74, 6) is 1.12. The summed E-state index contributed by atoms with van der Waals surface area (Å²) in [5, 5.41) is 28.0. The second kappa shape index (κ2) is 17.5. The number of nitrogens with one attached hydrogen (secondary N) is 4. The van der Waals surface area contributed by atoms with Gasteiger partial charge in [-0.1, -0.05) is 34.1 Å². The van der Waals surface area contributed by atoms with Crippen molar-refractivity contribution in [2.45, 2.75) is 116 Å². The summed E-state index contributed by atoms with van der Waals surface area (Å²) in [4.78, 5) is 63.7. The Kier molecular flexibility index (Phi) is 12.3. The standard InChI is InChI=1S/C45H63N9O8/c1-7-29-24-45(29,42(57)58)50-40(55)35-22-32(25-53(35)41(56)39(44(4,5)6)49-43(59)62-31-19-27-18-28(27)20-31)61-36-23-38(54-13-10-37(51-54)47-26(2)3)48-34-21-30(8-9-33(34)36)60-17-16-52-14-11-46-12-15-52/h8-10,13,21,23,26-29,31-32,35,39,46H,7,11-12,14-20,22,24-25H2,1-6H3,(H,47,51)(H,49,59)(H,50,55)(H,57,58)/t27?,28?,29?,31?,32-,35?,39-,45-/m1/s1. The van der Waals surface area contributed by atoms with E-state index in [2.05, 4.69) is 26.2 Å². The normalized spacial score (nSPS) is 27.4. The predicted octanol–water partition coefficient (Wildman–Crippen LogP) is 4.18. The molecule has 2 aromatic heterocycles. The van der Waals surface area contributed by atoms with Crippen LogP contribution in [0, 0.1) is 23.2 Å². The Labute approximate surface area is 363 Å². The van der Waals surface area contributed by atoms with Gasteiger partial charge < -0.3 is 45.5 Å². The van der Waals surface area contributed by atoms with Crippen LogP contribution in [0.5, 0.6) is 11.5 Å². The van der Waals surface area contributed by atoms with Crippen molar-refractivity contribution >= 4 is 40.6 Å². The first kappa shape index (κ1) is 43.5. The highest BCUT2D eigenvalue weighted by Crippen LogP contribution is 2.52. The predicted molar refractivity (Wildman–Crippen MR) is 231 cm³/mol. The summed E-state index contributed by atoms with van der Waals surface area (Å²) in [6, 6.07) is 7.34. The van der Waals surface area contributed by atoms with Gasteiger partial charge in [0, 0.05) is 75.0 Å². The number of carbonyl (C=O) groups is 4. The highest BCUT2D eigenvalue weighted by atomic mass is 16.6. The number of carbonyl (C=O) groups excluding carboxylic acids is 3. The van der Waals surface area contributed by atoms with Crippen LogP contribution in [0.2, 0.25) is 0 Å². The molecule has 3 aromatic rings. The molecule has 4 unspecified atom stereocenters. The zero-order valence-electron chi connectivity index (χ0n) is 36.8. The fourth-order valence-electron chi connectivity index (χ4n) is 9.54. The van der Waals surface area contributed by atoms with Crippen LogP contribution in [0.3, 0.4) is 0 Å². The van der Waals surface area contributed by atoms with E-state index in [9.17, 15) is 24.3 Å². The molecular formula is C45H63N9O8. The fourth-order valence-corrected chi connectivity index (χ4v) is 9.54. The molecule has 5 fully saturated rings. The van der Waals surface area contributed by atoms with Crippen molar-refractivity contribution in [2.75, 3.05) is 51.2 Å². The number of aliphatic carboxylic acids is 1. The van der Waals surface area contributed by atoms with Gasteiger partial charge in [0.15, 0.2) is 5.82 Å². The molecular weight excluding hydrogens is 795 g/mol. The molecule has 336 valence electrons. The molecule has 2 aliphatic heterocycles. The number of nitrogens with zero attached hydrogens (tertiary/aromatic N) is 5. The molecule has 8 rings (SSSR count). The van der Waals surface area contributed by atoms with Gasteiger partial charge in [0.05, 0.1) is 12.1 Å². The summed E-state index contributed by atoms with van der Waals surface area (Å²) in [6.07, 6.45) is 4.07. The highest BCUT2D eigenvalue weighted by Gasteiger charge is 2.61. The lowest BCUT2D eigenvalue weighted by atomic mass is 9.85. The van der Waals surface area contributed by atoms with E-state index >= 15 is 0 Å². The van der Waals surface area contributed by atoms with Gasteiger partial charge in [0.25, 0.3) is 0 Å². The Morgan fingerprint density at radius 3 is 2.45 bits per heavy atom. The fraction of sp³-hybridized carbons (Fsp3) is 0.644. The maximum Gasteiger partial charge on any atom is 0.408 e. The topological polar surface area (TPSA) is 202 Å². The van der Waals surface area contributed by atoms with Crippen LogP contribution in [0.4, 0.5) is 10.6 Å². The molecule has 17 nitrogen and oxygen atoms in total. The number of benzene rings is 1. The van der Waals surface area contributed by atoms with Crippen LogP contribution in [0.15, 0.2) is 36.5 Å². The number of hydrogen-bond donors (Lipinski definition) is 5. The summed E-state index contributed by atoms with van der Waals surface area (Å²) in [5.41, 5.74) is -1.57. The number of amides is 3. The van der Waals surface area contributed by atoms with Crippen LogP contribution in [-0.2, 0) is 19.1 Å². The van der Waals surface area contributed by atoms with E-state index in [1.54, 1.807) is 10.7 Å². The van der Waals surface area contributed by atoms with E-state index in [0.717, 1.165) is 45.6 Å². The van der Waals surface area contributed by atoms with E-state index in [1.807, 2.05) is 72.0 Å². The third kappa shape index (κ3) is 9.58. The van der Waals surface area contributed by atoms with Crippen LogP contribution in [0.1, 0.15) is 80.1 Å². The van der Waals surface area contributed by atoms with Crippen molar-refractivity contribution in [3.63, 3.8) is 0 Å². The summed E-state index contributed by atoms with van der Waals surface area (Å²) in [6.45, 7) is 16.7. The van der Waals surface area contributed by atoms with Gasteiger partial charge in [-0.05, 0) is 74.8 Å². The van der Waals surface area contributed by atoms with Crippen molar-refractivity contribution in [3.05, 3.63) is 36.5 Å². The third-order valence-corrected chi connectivity index (χ3v) is 13.2. The number of piperazine rings is 1. The molecule has 0 spiro atoms. The van der Waals surface area contributed by atoms with Crippen molar-refractivity contribution in [2.24, 2.45) is 23.2 Å². The Bertz CT molecular complexity index is 2140. The number of hydrogen-bond acceptors (Lipinski definition) is 12. The average Bonchev–Trinajstić information content (AvgIpc) is 3.89. The van der Waals surface area contributed by atoms with Crippen LogP contribution in [0.25, 0.3) is 16.7 Å². The van der Waals surface area contributed by atoms with E-state index in [1.165, 1.54) is 11.3 Å². The number of anilines is 1. The summed E-state index contributed by atoms with van der Waals surface area (Å²) < 4.78 is 20.5. The first-order valence-electron chi connectivity index (χ1n) is 22.4. The minimum atomic E-state index is -1.40. The summed E-state index contributed by atoms with van der Waals surface area (Å²) >= 11 is 0. The number of alkyl carbamates (subject to hydrolysis) is 1. The quantitative estimate of drug-likeness (QED) is 0.138. The number of rotatable bonds is 16. The van der Waals surface area contributed by atoms with Gasteiger partial charge in [-0.25, -0.2) is 19.3 Å². The SMILES string of the molecule is CCC1C[C@]1(NC(=O)C1C[C@@H](Oc2cc(-n3ccc(NC(C)C)n3)nc3cc(OCCN4CCNCC4)ccc23)CN1C(=O)[C@@H](NC(=O)OC1CC2CC2C1)C(C)(C)C)C(=O)O. The van der Waals surface area contributed by atoms with Crippen molar-refractivity contribution in [1.82, 2.24) is 40.5 Å². The van der Waals surface area contributed by atoms with Crippen LogP contribution >= 0.6 is 0 Å². The van der Waals surface area contributed by atoms with E-state index in [4.69, 9.17) is 24.3 Å². The lowest BCUT2D eigenvalue weighted by molar-refractivity contribution is -0.146. The number of fused-ring (bicyclic) bond motifs is 2. The van der Waals surface area contributed by atoms with Crippen molar-refractivity contribution < 1.29 is 38.5 Å². The molecule has 3 aliphatic carbocycles. The molecule has 3 amide bonds. The molecule has 4 heterocycles. The Morgan fingerprint density at radius 1 is 1.02 bits per heavy atom. The monoisotopic (exact) mass is 857 g/mol. The van der Waals surface area contributed by atoms with E-state index in [0.29, 0.717) is 65.3 Å². The Hall–Kier alpha value is -5.16. The van der Waals surface area contributed by atoms with Crippen LogP contribution in [-0.4, -0.2) is 135 Å². The number of pyridine rings is 1. The maximum absolute atomic E-state index is 14.8. The molecule has 3 saturated carbocycles. The number of carboxylic acid groups (broad SMARTS) is 1. The van der Waals surface area contributed by atoms with Gasteiger partial charge in [0.2, 0.25) is 11.8 Å². The second-order valence-electron chi connectivity index (χ2n) is 19.3. The Balaban J connectivity index is 1.07. The zero-order valence-corrected chi connectivity index (χ0v) is 36.8. The van der Waals surface area contributed by atoms with E-state index in [-0.39, 0.29) is 31.0 Å². The van der Waals surface area contributed by atoms with Crippen molar-refractivity contribution in [3.8, 4) is 17.3 Å². The molecule has 7 atom stereocenters. The third-order valence-electron chi connectivity index (χ3n) is 13.2. The van der Waals surface area contributed by atoms with Gasteiger partial charge in [-0.3, -0.25) is 14.5 Å². The van der Waals surface area contributed by atoms with Gasteiger partial charge >= 0.3 is 12.1 Å². The number of aromatic nitrogens is 3. The lowest BCUT2D eigenvalue weighted by Crippen LogP contribution is -2.59. The second-order valence-corrected chi connectivity index (χ2v) is 19.3.